The highest BCUT2D eigenvalue weighted by Gasteiger charge is 2.35. The third-order valence-electron chi connectivity index (χ3n) is 6.39. The number of carbonyl (C=O) groups is 1. The Bertz CT molecular complexity index is 815. The fraction of sp³-hybridized carbons (Fsp3) is 0.682. The van der Waals surface area contributed by atoms with Gasteiger partial charge in [-0.3, -0.25) is 19.8 Å². The lowest BCUT2D eigenvalue weighted by atomic mass is 9.94. The van der Waals surface area contributed by atoms with Crippen LogP contribution >= 0.6 is 0 Å². The van der Waals surface area contributed by atoms with E-state index in [0.717, 1.165) is 32.1 Å². The molecule has 0 unspecified atom stereocenters. The summed E-state index contributed by atoms with van der Waals surface area (Å²) in [6.45, 7) is 9.40. The minimum Gasteiger partial charge on any atom is -0.366 e. The van der Waals surface area contributed by atoms with Crippen molar-refractivity contribution in [2.24, 2.45) is 11.8 Å². The van der Waals surface area contributed by atoms with Crippen molar-refractivity contribution in [3.63, 3.8) is 0 Å². The molecule has 1 aromatic carbocycles. The van der Waals surface area contributed by atoms with Gasteiger partial charge in [-0.2, -0.15) is 13.2 Å². The minimum atomic E-state index is -4.64. The molecule has 0 radical (unpaired) electrons. The Balaban J connectivity index is 1.56. The number of benzene rings is 1. The van der Waals surface area contributed by atoms with E-state index in [1.807, 2.05) is 4.90 Å². The number of alkyl halides is 3. The second kappa shape index (κ2) is 10.1. The number of nitro groups is 1. The molecule has 178 valence electrons. The van der Waals surface area contributed by atoms with E-state index in [0.29, 0.717) is 51.0 Å². The average Bonchev–Trinajstić information content (AvgIpc) is 2.76. The number of hydrogen-bond acceptors (Lipinski definition) is 5. The summed E-state index contributed by atoms with van der Waals surface area (Å²) >= 11 is 0. The van der Waals surface area contributed by atoms with Crippen LogP contribution in [0.5, 0.6) is 0 Å². The molecule has 10 heteroatoms. The predicted molar refractivity (Wildman–Crippen MR) is 116 cm³/mol. The van der Waals surface area contributed by atoms with Crippen LogP contribution in [-0.4, -0.2) is 66.4 Å². The smallest absolute Gasteiger partial charge is 0.366 e. The molecular formula is C22H31F3N4O3. The van der Waals surface area contributed by atoms with Gasteiger partial charge in [0.15, 0.2) is 0 Å². The maximum absolute atomic E-state index is 13.0. The second-order valence-electron chi connectivity index (χ2n) is 9.07. The molecule has 0 atom stereocenters. The normalized spacial score (nSPS) is 18.9. The topological polar surface area (TPSA) is 69.9 Å². The summed E-state index contributed by atoms with van der Waals surface area (Å²) in [5, 5.41) is 11.4. The van der Waals surface area contributed by atoms with Gasteiger partial charge in [-0.05, 0) is 43.9 Å². The van der Waals surface area contributed by atoms with Gasteiger partial charge >= 0.3 is 6.18 Å². The highest BCUT2D eigenvalue weighted by atomic mass is 19.4. The standard InChI is InChI=1S/C22H31F3N4O3/c1-16(2)5-8-26-11-13-28(14-12-26)21(30)17-6-9-27(10-7-17)19-4-3-18(22(23,24)25)15-20(19)29(31)32/h3-4,15-17H,5-14H2,1-2H3. The van der Waals surface area contributed by atoms with E-state index in [2.05, 4.69) is 18.7 Å². The van der Waals surface area contributed by atoms with Gasteiger partial charge in [0.05, 0.1) is 10.5 Å². The number of amides is 1. The molecule has 1 amide bonds. The zero-order chi connectivity index (χ0) is 23.5. The molecule has 1 aromatic rings. The predicted octanol–water partition coefficient (Wildman–Crippen LogP) is 4.02. The van der Waals surface area contributed by atoms with Crippen LogP contribution in [0.4, 0.5) is 24.5 Å². The highest BCUT2D eigenvalue weighted by molar-refractivity contribution is 5.79. The molecule has 32 heavy (non-hydrogen) atoms. The van der Waals surface area contributed by atoms with Gasteiger partial charge in [0.25, 0.3) is 5.69 Å². The first-order chi connectivity index (χ1) is 15.1. The largest absolute Gasteiger partial charge is 0.416 e. The van der Waals surface area contributed by atoms with Crippen molar-refractivity contribution in [1.29, 1.82) is 0 Å². The summed E-state index contributed by atoms with van der Waals surface area (Å²) in [6, 6.07) is 2.63. The summed E-state index contributed by atoms with van der Waals surface area (Å²) in [6.07, 6.45) is -2.43. The number of nitro benzene ring substituents is 1. The molecular weight excluding hydrogens is 425 g/mol. The van der Waals surface area contributed by atoms with E-state index >= 15 is 0 Å². The van der Waals surface area contributed by atoms with Gasteiger partial charge < -0.3 is 9.80 Å². The molecule has 0 aromatic heterocycles. The molecule has 3 rings (SSSR count). The zero-order valence-electron chi connectivity index (χ0n) is 18.6. The first-order valence-electron chi connectivity index (χ1n) is 11.2. The molecule has 2 aliphatic heterocycles. The van der Waals surface area contributed by atoms with Gasteiger partial charge in [-0.25, -0.2) is 0 Å². The molecule has 2 heterocycles. The van der Waals surface area contributed by atoms with Crippen LogP contribution in [0.3, 0.4) is 0 Å². The Kier molecular flexibility index (Phi) is 7.63. The molecule has 0 spiro atoms. The van der Waals surface area contributed by atoms with Crippen LogP contribution in [0.1, 0.15) is 38.7 Å². The molecule has 7 nitrogen and oxygen atoms in total. The van der Waals surface area contributed by atoms with Crippen LogP contribution in [0.2, 0.25) is 0 Å². The number of nitrogens with zero attached hydrogens (tertiary/aromatic N) is 4. The molecule has 0 saturated carbocycles. The van der Waals surface area contributed by atoms with Crippen LogP contribution in [0, 0.1) is 22.0 Å². The van der Waals surface area contributed by atoms with E-state index in [-0.39, 0.29) is 17.5 Å². The molecule has 0 aliphatic carbocycles. The van der Waals surface area contributed by atoms with E-state index in [9.17, 15) is 28.1 Å². The fourth-order valence-electron chi connectivity index (χ4n) is 4.37. The van der Waals surface area contributed by atoms with Gasteiger partial charge in [-0.1, -0.05) is 13.8 Å². The number of piperidine rings is 1. The molecule has 2 saturated heterocycles. The van der Waals surface area contributed by atoms with Crippen molar-refractivity contribution in [2.45, 2.75) is 39.3 Å². The van der Waals surface area contributed by atoms with Crippen LogP contribution in [0.15, 0.2) is 18.2 Å². The summed E-state index contributed by atoms with van der Waals surface area (Å²) < 4.78 is 38.8. The summed E-state index contributed by atoms with van der Waals surface area (Å²) in [7, 11) is 0. The SMILES string of the molecule is CC(C)CCN1CCN(C(=O)C2CCN(c3ccc(C(F)(F)F)cc3[N+](=O)[O-])CC2)CC1. The third kappa shape index (κ3) is 5.90. The molecule has 0 N–H and O–H groups in total. The quantitative estimate of drug-likeness (QED) is 0.478. The van der Waals surface area contributed by atoms with Crippen molar-refractivity contribution in [3.8, 4) is 0 Å². The van der Waals surface area contributed by atoms with Crippen molar-refractivity contribution in [3.05, 3.63) is 33.9 Å². The lowest BCUT2D eigenvalue weighted by molar-refractivity contribution is -0.384. The van der Waals surface area contributed by atoms with Crippen LogP contribution < -0.4 is 4.90 Å². The number of carbonyl (C=O) groups excluding carboxylic acids is 1. The average molecular weight is 457 g/mol. The molecule has 2 fully saturated rings. The maximum Gasteiger partial charge on any atom is 0.416 e. The van der Waals surface area contributed by atoms with E-state index in [4.69, 9.17) is 0 Å². The zero-order valence-corrected chi connectivity index (χ0v) is 18.6. The summed E-state index contributed by atoms with van der Waals surface area (Å²) in [4.78, 5) is 29.6. The lowest BCUT2D eigenvalue weighted by Crippen LogP contribution is -2.51. The Morgan fingerprint density at radius 2 is 1.75 bits per heavy atom. The first kappa shape index (κ1) is 24.3. The van der Waals surface area contributed by atoms with Crippen molar-refractivity contribution < 1.29 is 22.9 Å². The second-order valence-corrected chi connectivity index (χ2v) is 9.07. The van der Waals surface area contributed by atoms with Crippen molar-refractivity contribution in [1.82, 2.24) is 9.80 Å². The highest BCUT2D eigenvalue weighted by Crippen LogP contribution is 2.37. The molecule has 2 aliphatic rings. The number of piperazine rings is 1. The third-order valence-corrected chi connectivity index (χ3v) is 6.39. The first-order valence-corrected chi connectivity index (χ1v) is 11.2. The number of anilines is 1. The van der Waals surface area contributed by atoms with Gasteiger partial charge in [-0.15, -0.1) is 0 Å². The minimum absolute atomic E-state index is 0.120. The van der Waals surface area contributed by atoms with Gasteiger partial charge in [0.1, 0.15) is 5.69 Å². The Hall–Kier alpha value is -2.36. The molecule has 0 bridgehead atoms. The Morgan fingerprint density at radius 3 is 2.28 bits per heavy atom. The van der Waals surface area contributed by atoms with E-state index < -0.39 is 22.4 Å². The fourth-order valence-corrected chi connectivity index (χ4v) is 4.37. The van der Waals surface area contributed by atoms with Gasteiger partial charge in [0, 0.05) is 51.3 Å². The maximum atomic E-state index is 13.0. The van der Waals surface area contributed by atoms with Crippen LogP contribution in [0.25, 0.3) is 0 Å². The number of hydrogen-bond donors (Lipinski definition) is 0. The van der Waals surface area contributed by atoms with Crippen molar-refractivity contribution in [2.75, 3.05) is 50.7 Å². The van der Waals surface area contributed by atoms with E-state index in [1.54, 1.807) is 4.90 Å². The Labute approximate surface area is 186 Å². The lowest BCUT2D eigenvalue weighted by Gasteiger charge is -2.39. The van der Waals surface area contributed by atoms with Gasteiger partial charge in [0.2, 0.25) is 5.91 Å². The Morgan fingerprint density at radius 1 is 1.12 bits per heavy atom. The number of halogens is 3. The van der Waals surface area contributed by atoms with Crippen molar-refractivity contribution >= 4 is 17.3 Å². The number of rotatable bonds is 6. The monoisotopic (exact) mass is 456 g/mol. The van der Waals surface area contributed by atoms with E-state index in [1.165, 1.54) is 6.07 Å². The summed E-state index contributed by atoms with van der Waals surface area (Å²) in [5.74, 6) is 0.623. The summed E-state index contributed by atoms with van der Waals surface area (Å²) in [5.41, 5.74) is -1.42. The van der Waals surface area contributed by atoms with Crippen LogP contribution in [-0.2, 0) is 11.0 Å².